The molecule has 1 heterocycles. The first-order valence-corrected chi connectivity index (χ1v) is 8.69. The predicted molar refractivity (Wildman–Crippen MR) is 102 cm³/mol. The SMILES string of the molecule is O=C(Oc1ccc2c(c1)OC(=Cc1cccc(Cl)c1)C2=O)c1ccc(F)cc1. The number of halogens is 2. The molecule has 0 amide bonds. The first kappa shape index (κ1) is 17.9. The van der Waals surface area contributed by atoms with Gasteiger partial charge < -0.3 is 9.47 Å². The smallest absolute Gasteiger partial charge is 0.343 e. The van der Waals surface area contributed by atoms with E-state index in [4.69, 9.17) is 21.1 Å². The van der Waals surface area contributed by atoms with E-state index in [-0.39, 0.29) is 22.9 Å². The standard InChI is InChI=1S/C22H12ClFO4/c23-15-3-1-2-13(10-15)11-20-21(25)18-9-8-17(12-19(18)28-20)27-22(26)14-4-6-16(24)7-5-14/h1-12H. The van der Waals surface area contributed by atoms with Gasteiger partial charge in [-0.15, -0.1) is 0 Å². The van der Waals surface area contributed by atoms with E-state index >= 15 is 0 Å². The van der Waals surface area contributed by atoms with Crippen LogP contribution in [-0.2, 0) is 0 Å². The van der Waals surface area contributed by atoms with Crippen LogP contribution in [0.2, 0.25) is 5.02 Å². The summed E-state index contributed by atoms with van der Waals surface area (Å²) in [5, 5.41) is 0.548. The average Bonchev–Trinajstić information content (AvgIpc) is 2.97. The lowest BCUT2D eigenvalue weighted by Gasteiger charge is -2.05. The van der Waals surface area contributed by atoms with E-state index in [1.54, 1.807) is 30.3 Å². The minimum absolute atomic E-state index is 0.152. The maximum Gasteiger partial charge on any atom is 0.343 e. The summed E-state index contributed by atoms with van der Waals surface area (Å²) in [6, 6.07) is 16.5. The molecule has 0 N–H and O–H groups in total. The molecule has 0 unspecified atom stereocenters. The molecule has 3 aromatic rings. The third-order valence-corrected chi connectivity index (χ3v) is 4.31. The molecule has 1 aliphatic rings. The maximum atomic E-state index is 13.0. The zero-order valence-corrected chi connectivity index (χ0v) is 15.1. The van der Waals surface area contributed by atoms with Gasteiger partial charge in [0.2, 0.25) is 5.78 Å². The number of ether oxygens (including phenoxy) is 2. The van der Waals surface area contributed by atoms with Crippen molar-refractivity contribution in [1.29, 1.82) is 0 Å². The zero-order valence-electron chi connectivity index (χ0n) is 14.3. The fourth-order valence-corrected chi connectivity index (χ4v) is 2.93. The molecule has 6 heteroatoms. The van der Waals surface area contributed by atoms with E-state index < -0.39 is 11.8 Å². The Labute approximate surface area is 164 Å². The van der Waals surface area contributed by atoms with Crippen LogP contribution in [0.3, 0.4) is 0 Å². The van der Waals surface area contributed by atoms with E-state index in [1.807, 2.05) is 0 Å². The number of esters is 1. The Morgan fingerprint density at radius 2 is 1.82 bits per heavy atom. The lowest BCUT2D eigenvalue weighted by molar-refractivity contribution is 0.0734. The van der Waals surface area contributed by atoms with Gasteiger partial charge in [0.15, 0.2) is 5.76 Å². The van der Waals surface area contributed by atoms with E-state index in [1.165, 1.54) is 42.5 Å². The lowest BCUT2D eigenvalue weighted by Crippen LogP contribution is -2.08. The third kappa shape index (κ3) is 3.66. The van der Waals surface area contributed by atoms with E-state index in [2.05, 4.69) is 0 Å². The molecule has 1 aliphatic heterocycles. The minimum atomic E-state index is -0.640. The summed E-state index contributed by atoms with van der Waals surface area (Å²) >= 11 is 5.96. The molecule has 0 spiro atoms. The molecular weight excluding hydrogens is 383 g/mol. The summed E-state index contributed by atoms with van der Waals surface area (Å²) in [5.74, 6) is -0.697. The quantitative estimate of drug-likeness (QED) is 0.343. The molecular formula is C22H12ClFO4. The molecule has 0 saturated heterocycles. The molecule has 0 aliphatic carbocycles. The van der Waals surface area contributed by atoms with Gasteiger partial charge in [0.05, 0.1) is 11.1 Å². The molecule has 0 bridgehead atoms. The van der Waals surface area contributed by atoms with Gasteiger partial charge in [-0.3, -0.25) is 4.79 Å². The number of allylic oxidation sites excluding steroid dienone is 1. The van der Waals surface area contributed by atoms with Gasteiger partial charge in [0, 0.05) is 11.1 Å². The van der Waals surface area contributed by atoms with Crippen LogP contribution in [0.5, 0.6) is 11.5 Å². The van der Waals surface area contributed by atoms with Gasteiger partial charge in [-0.2, -0.15) is 0 Å². The highest BCUT2D eigenvalue weighted by molar-refractivity contribution is 6.30. The highest BCUT2D eigenvalue weighted by atomic mass is 35.5. The monoisotopic (exact) mass is 394 g/mol. The number of rotatable bonds is 3. The summed E-state index contributed by atoms with van der Waals surface area (Å²) in [6.07, 6.45) is 1.60. The molecule has 4 nitrogen and oxygen atoms in total. The van der Waals surface area contributed by atoms with Gasteiger partial charge in [0.25, 0.3) is 0 Å². The lowest BCUT2D eigenvalue weighted by atomic mass is 10.1. The van der Waals surface area contributed by atoms with Crippen molar-refractivity contribution in [2.75, 3.05) is 0 Å². The Morgan fingerprint density at radius 3 is 2.57 bits per heavy atom. The second-order valence-corrected chi connectivity index (χ2v) is 6.49. The Morgan fingerprint density at radius 1 is 1.04 bits per heavy atom. The Kier molecular flexibility index (Phi) is 4.67. The van der Waals surface area contributed by atoms with Gasteiger partial charge >= 0.3 is 5.97 Å². The second kappa shape index (κ2) is 7.29. The van der Waals surface area contributed by atoms with Gasteiger partial charge in [-0.25, -0.2) is 9.18 Å². The molecule has 3 aromatic carbocycles. The number of hydrogen-bond acceptors (Lipinski definition) is 4. The van der Waals surface area contributed by atoms with Crippen LogP contribution in [0, 0.1) is 5.82 Å². The summed E-state index contributed by atoms with van der Waals surface area (Å²) in [5.41, 5.74) is 1.31. The van der Waals surface area contributed by atoms with Crippen LogP contribution in [-0.4, -0.2) is 11.8 Å². The molecule has 28 heavy (non-hydrogen) atoms. The van der Waals surface area contributed by atoms with Crippen LogP contribution in [0.25, 0.3) is 6.08 Å². The van der Waals surface area contributed by atoms with Crippen molar-refractivity contribution in [1.82, 2.24) is 0 Å². The number of ketones is 1. The van der Waals surface area contributed by atoms with Crippen molar-refractivity contribution < 1.29 is 23.5 Å². The van der Waals surface area contributed by atoms with Crippen LogP contribution < -0.4 is 9.47 Å². The summed E-state index contributed by atoms with van der Waals surface area (Å²) in [4.78, 5) is 24.7. The number of Topliss-reactive ketones (excluding diaryl/α,β-unsaturated/α-hetero) is 1. The first-order chi connectivity index (χ1) is 13.5. The van der Waals surface area contributed by atoms with Crippen molar-refractivity contribution in [2.45, 2.75) is 0 Å². The molecule has 0 fully saturated rings. The molecule has 0 aromatic heterocycles. The topological polar surface area (TPSA) is 52.6 Å². The Balaban J connectivity index is 1.55. The van der Waals surface area contributed by atoms with E-state index in [0.29, 0.717) is 16.3 Å². The normalized spacial score (nSPS) is 13.9. The van der Waals surface area contributed by atoms with Crippen LogP contribution in [0.1, 0.15) is 26.3 Å². The van der Waals surface area contributed by atoms with Crippen molar-refractivity contribution in [3.8, 4) is 11.5 Å². The molecule has 0 radical (unpaired) electrons. The fourth-order valence-electron chi connectivity index (χ4n) is 2.73. The number of carbonyl (C=O) groups excluding carboxylic acids is 2. The summed E-state index contributed by atoms with van der Waals surface area (Å²) in [6.45, 7) is 0. The fraction of sp³-hybridized carbons (Fsp3) is 0. The van der Waals surface area contributed by atoms with Crippen LogP contribution in [0.15, 0.2) is 72.5 Å². The highest BCUT2D eigenvalue weighted by Gasteiger charge is 2.28. The van der Waals surface area contributed by atoms with Crippen molar-refractivity contribution in [3.63, 3.8) is 0 Å². The molecule has 0 saturated carbocycles. The molecule has 0 atom stereocenters. The number of hydrogen-bond donors (Lipinski definition) is 0. The van der Waals surface area contributed by atoms with Crippen molar-refractivity contribution in [3.05, 3.63) is 100 Å². The molecule has 138 valence electrons. The first-order valence-electron chi connectivity index (χ1n) is 8.31. The van der Waals surface area contributed by atoms with Crippen molar-refractivity contribution in [2.24, 2.45) is 0 Å². The van der Waals surface area contributed by atoms with E-state index in [9.17, 15) is 14.0 Å². The second-order valence-electron chi connectivity index (χ2n) is 6.05. The van der Waals surface area contributed by atoms with Gasteiger partial charge in [0.1, 0.15) is 17.3 Å². The largest absolute Gasteiger partial charge is 0.452 e. The maximum absolute atomic E-state index is 13.0. The predicted octanol–water partition coefficient (Wildman–Crippen LogP) is 5.31. The third-order valence-electron chi connectivity index (χ3n) is 4.08. The van der Waals surface area contributed by atoms with Gasteiger partial charge in [-0.05, 0) is 60.2 Å². The number of benzene rings is 3. The van der Waals surface area contributed by atoms with Crippen LogP contribution >= 0.6 is 11.6 Å². The summed E-state index contributed by atoms with van der Waals surface area (Å²) in [7, 11) is 0. The van der Waals surface area contributed by atoms with Crippen molar-refractivity contribution >= 4 is 29.4 Å². The Bertz CT molecular complexity index is 1120. The summed E-state index contributed by atoms with van der Waals surface area (Å²) < 4.78 is 23.9. The molecule has 4 rings (SSSR count). The number of fused-ring (bicyclic) bond motifs is 1. The average molecular weight is 395 g/mol. The Hall–Kier alpha value is -3.44. The number of carbonyl (C=O) groups is 2. The van der Waals surface area contributed by atoms with Crippen LogP contribution in [0.4, 0.5) is 4.39 Å². The van der Waals surface area contributed by atoms with Gasteiger partial charge in [-0.1, -0.05) is 23.7 Å². The highest BCUT2D eigenvalue weighted by Crippen LogP contribution is 2.35. The minimum Gasteiger partial charge on any atom is -0.452 e. The zero-order chi connectivity index (χ0) is 19.7. The van der Waals surface area contributed by atoms with E-state index in [0.717, 1.165) is 5.56 Å².